The Kier molecular flexibility index (Phi) is 3.49. The monoisotopic (exact) mass is 299 g/mol. The molecule has 1 amide bonds. The number of nitrogens with zero attached hydrogens (tertiary/aromatic N) is 4. The maximum Gasteiger partial charge on any atom is 0.267 e. The summed E-state index contributed by atoms with van der Waals surface area (Å²) in [5.41, 5.74) is 1.40. The summed E-state index contributed by atoms with van der Waals surface area (Å²) >= 11 is 1.39. The van der Waals surface area contributed by atoms with E-state index in [0.29, 0.717) is 10.6 Å². The van der Waals surface area contributed by atoms with Crippen molar-refractivity contribution < 1.29 is 4.79 Å². The van der Waals surface area contributed by atoms with E-state index in [0.717, 1.165) is 16.5 Å². The van der Waals surface area contributed by atoms with Crippen LogP contribution in [0, 0.1) is 13.8 Å². The molecule has 0 bridgehead atoms. The van der Waals surface area contributed by atoms with Crippen LogP contribution >= 0.6 is 11.3 Å². The van der Waals surface area contributed by atoms with E-state index in [2.05, 4.69) is 20.3 Å². The standard InChI is InChI=1S/C14H13N5OS/c1-9-13(21-10(2)17-9)14(20)18-11-3-4-12(16-7-11)19-6-5-15-8-19/h3-8H,1-2H3,(H,18,20). The van der Waals surface area contributed by atoms with Crippen molar-refractivity contribution in [1.82, 2.24) is 19.5 Å². The van der Waals surface area contributed by atoms with Crippen molar-refractivity contribution in [2.24, 2.45) is 0 Å². The molecule has 0 aliphatic rings. The number of imidazole rings is 1. The zero-order valence-electron chi connectivity index (χ0n) is 11.6. The van der Waals surface area contributed by atoms with Crippen LogP contribution in [0.5, 0.6) is 0 Å². The fraction of sp³-hybridized carbons (Fsp3) is 0.143. The van der Waals surface area contributed by atoms with E-state index < -0.39 is 0 Å². The molecule has 3 heterocycles. The van der Waals surface area contributed by atoms with Crippen molar-refractivity contribution in [3.63, 3.8) is 0 Å². The van der Waals surface area contributed by atoms with Gasteiger partial charge in [0.05, 0.1) is 22.6 Å². The van der Waals surface area contributed by atoms with Crippen molar-refractivity contribution in [2.45, 2.75) is 13.8 Å². The van der Waals surface area contributed by atoms with E-state index in [1.807, 2.05) is 32.2 Å². The van der Waals surface area contributed by atoms with Crippen molar-refractivity contribution >= 4 is 22.9 Å². The van der Waals surface area contributed by atoms with Crippen LogP contribution in [0.3, 0.4) is 0 Å². The zero-order valence-corrected chi connectivity index (χ0v) is 12.4. The maximum atomic E-state index is 12.2. The van der Waals surface area contributed by atoms with Crippen molar-refractivity contribution in [3.8, 4) is 5.82 Å². The number of aryl methyl sites for hydroxylation is 2. The lowest BCUT2D eigenvalue weighted by Gasteiger charge is -2.05. The van der Waals surface area contributed by atoms with Crippen LogP contribution in [-0.4, -0.2) is 25.4 Å². The minimum Gasteiger partial charge on any atom is -0.320 e. The van der Waals surface area contributed by atoms with Crippen molar-refractivity contribution in [1.29, 1.82) is 0 Å². The first-order chi connectivity index (χ1) is 10.1. The van der Waals surface area contributed by atoms with Gasteiger partial charge >= 0.3 is 0 Å². The first-order valence-electron chi connectivity index (χ1n) is 6.33. The molecule has 6 nitrogen and oxygen atoms in total. The molecule has 0 saturated carbocycles. The molecule has 0 aromatic carbocycles. The second-order valence-corrected chi connectivity index (χ2v) is 5.68. The summed E-state index contributed by atoms with van der Waals surface area (Å²) in [5, 5.41) is 3.71. The summed E-state index contributed by atoms with van der Waals surface area (Å²) in [7, 11) is 0. The summed E-state index contributed by atoms with van der Waals surface area (Å²) < 4.78 is 1.79. The van der Waals surface area contributed by atoms with Gasteiger partial charge in [0.15, 0.2) is 0 Å². The molecule has 106 valence electrons. The van der Waals surface area contributed by atoms with Gasteiger partial charge in [0.1, 0.15) is 17.0 Å². The number of thiazole rings is 1. The smallest absolute Gasteiger partial charge is 0.267 e. The van der Waals surface area contributed by atoms with Gasteiger partial charge in [-0.2, -0.15) is 0 Å². The van der Waals surface area contributed by atoms with Gasteiger partial charge in [-0.25, -0.2) is 15.0 Å². The van der Waals surface area contributed by atoms with Gasteiger partial charge in [-0.05, 0) is 26.0 Å². The molecule has 0 aliphatic heterocycles. The number of hydrogen-bond donors (Lipinski definition) is 1. The van der Waals surface area contributed by atoms with Crippen LogP contribution in [0.25, 0.3) is 5.82 Å². The van der Waals surface area contributed by atoms with E-state index in [-0.39, 0.29) is 5.91 Å². The van der Waals surface area contributed by atoms with Gasteiger partial charge in [0.25, 0.3) is 5.91 Å². The second-order valence-electron chi connectivity index (χ2n) is 4.48. The van der Waals surface area contributed by atoms with E-state index >= 15 is 0 Å². The number of amides is 1. The Morgan fingerprint density at radius 1 is 1.33 bits per heavy atom. The van der Waals surface area contributed by atoms with Gasteiger partial charge in [-0.1, -0.05) is 0 Å². The highest BCUT2D eigenvalue weighted by atomic mass is 32.1. The largest absolute Gasteiger partial charge is 0.320 e. The summed E-state index contributed by atoms with van der Waals surface area (Å²) in [6.07, 6.45) is 6.79. The number of rotatable bonds is 3. The molecule has 0 atom stereocenters. The fourth-order valence-corrected chi connectivity index (χ4v) is 2.75. The SMILES string of the molecule is Cc1nc(C)c(C(=O)Nc2ccc(-n3ccnc3)nc2)s1. The van der Waals surface area contributed by atoms with E-state index in [9.17, 15) is 4.79 Å². The lowest BCUT2D eigenvalue weighted by atomic mass is 10.3. The molecule has 0 unspecified atom stereocenters. The molecule has 0 fully saturated rings. The molecule has 0 aliphatic carbocycles. The minimum absolute atomic E-state index is 0.157. The average Bonchev–Trinajstić information content (AvgIpc) is 3.09. The third kappa shape index (κ3) is 2.82. The van der Waals surface area contributed by atoms with Crippen LogP contribution in [0.1, 0.15) is 20.4 Å². The first-order valence-corrected chi connectivity index (χ1v) is 7.15. The number of nitrogens with one attached hydrogen (secondary N) is 1. The Morgan fingerprint density at radius 3 is 2.76 bits per heavy atom. The Labute approximate surface area is 125 Å². The molecule has 3 aromatic rings. The first kappa shape index (κ1) is 13.4. The van der Waals surface area contributed by atoms with Crippen molar-refractivity contribution in [2.75, 3.05) is 5.32 Å². The van der Waals surface area contributed by atoms with Gasteiger partial charge in [-0.15, -0.1) is 11.3 Å². The molecule has 1 N–H and O–H groups in total. The van der Waals surface area contributed by atoms with Crippen LogP contribution < -0.4 is 5.32 Å². The zero-order chi connectivity index (χ0) is 14.8. The van der Waals surface area contributed by atoms with Crippen LogP contribution in [0.4, 0.5) is 5.69 Å². The van der Waals surface area contributed by atoms with Gasteiger partial charge in [0.2, 0.25) is 0 Å². The number of hydrogen-bond acceptors (Lipinski definition) is 5. The molecule has 3 rings (SSSR count). The van der Waals surface area contributed by atoms with E-state index in [1.54, 1.807) is 23.3 Å². The van der Waals surface area contributed by atoms with Crippen LogP contribution in [0.15, 0.2) is 37.1 Å². The molecule has 0 radical (unpaired) electrons. The molecule has 0 saturated heterocycles. The quantitative estimate of drug-likeness (QED) is 0.807. The molecule has 3 aromatic heterocycles. The Bertz CT molecular complexity index is 761. The number of pyridine rings is 1. The molecular weight excluding hydrogens is 286 g/mol. The van der Waals surface area contributed by atoms with Gasteiger partial charge in [-0.3, -0.25) is 9.36 Å². The van der Waals surface area contributed by atoms with Crippen molar-refractivity contribution in [3.05, 3.63) is 52.6 Å². The third-order valence-electron chi connectivity index (χ3n) is 2.88. The number of aromatic nitrogens is 4. The maximum absolute atomic E-state index is 12.2. The average molecular weight is 299 g/mol. The lowest BCUT2D eigenvalue weighted by molar-refractivity contribution is 0.103. The normalized spacial score (nSPS) is 10.6. The Hall–Kier alpha value is -2.54. The molecule has 21 heavy (non-hydrogen) atoms. The van der Waals surface area contributed by atoms with Gasteiger partial charge < -0.3 is 5.32 Å². The fourth-order valence-electron chi connectivity index (χ4n) is 1.94. The number of anilines is 1. The highest BCUT2D eigenvalue weighted by Crippen LogP contribution is 2.19. The van der Waals surface area contributed by atoms with Crippen LogP contribution in [-0.2, 0) is 0 Å². The predicted octanol–water partition coefficient (Wildman–Crippen LogP) is 2.59. The summed E-state index contributed by atoms with van der Waals surface area (Å²) in [6, 6.07) is 3.63. The number of carbonyl (C=O) groups is 1. The molecular formula is C14H13N5OS. The minimum atomic E-state index is -0.157. The molecule has 0 spiro atoms. The highest BCUT2D eigenvalue weighted by molar-refractivity contribution is 7.13. The summed E-state index contributed by atoms with van der Waals surface area (Å²) in [6.45, 7) is 3.72. The lowest BCUT2D eigenvalue weighted by Crippen LogP contribution is -2.12. The number of carbonyl (C=O) groups excluding carboxylic acids is 1. The second kappa shape index (κ2) is 5.45. The Morgan fingerprint density at radius 2 is 2.19 bits per heavy atom. The van der Waals surface area contributed by atoms with Gasteiger partial charge in [0, 0.05) is 12.4 Å². The molecule has 7 heteroatoms. The topological polar surface area (TPSA) is 72.7 Å². The summed E-state index contributed by atoms with van der Waals surface area (Å²) in [5.74, 6) is 0.589. The van der Waals surface area contributed by atoms with Crippen LogP contribution in [0.2, 0.25) is 0 Å². The predicted molar refractivity (Wildman–Crippen MR) is 80.9 cm³/mol. The third-order valence-corrected chi connectivity index (χ3v) is 3.96. The Balaban J connectivity index is 1.76. The highest BCUT2D eigenvalue weighted by Gasteiger charge is 2.14. The summed E-state index contributed by atoms with van der Waals surface area (Å²) in [4.78, 5) is 25.3. The van der Waals surface area contributed by atoms with E-state index in [4.69, 9.17) is 0 Å². The van der Waals surface area contributed by atoms with E-state index in [1.165, 1.54) is 11.3 Å².